The first-order chi connectivity index (χ1) is 6.66. The van der Waals surface area contributed by atoms with Crippen LogP contribution in [0.4, 0.5) is 0 Å². The number of hydrogen-bond acceptors (Lipinski definition) is 1. The molecule has 0 aromatic rings. The number of amides is 1. The van der Waals surface area contributed by atoms with Crippen LogP contribution in [0.3, 0.4) is 0 Å². The molecule has 14 heavy (non-hydrogen) atoms. The van der Waals surface area contributed by atoms with Crippen molar-refractivity contribution < 1.29 is 4.79 Å². The van der Waals surface area contributed by atoms with Crippen LogP contribution in [0, 0.1) is 5.92 Å². The number of carbonyl (C=O) groups is 1. The molecule has 0 aromatic heterocycles. The minimum atomic E-state index is 0.0961. The Morgan fingerprint density at radius 1 is 1.43 bits per heavy atom. The van der Waals surface area contributed by atoms with Gasteiger partial charge in [0.1, 0.15) is 0 Å². The lowest BCUT2D eigenvalue weighted by atomic mass is 10.1. The maximum Gasteiger partial charge on any atom is 0.225 e. The van der Waals surface area contributed by atoms with E-state index in [1.807, 2.05) is 18.7 Å². The Balaban J connectivity index is 2.65. The number of nitrogens with zero attached hydrogens (tertiary/aromatic N) is 1. The van der Waals surface area contributed by atoms with Gasteiger partial charge in [-0.05, 0) is 12.8 Å². The molecular formula is C11H20ClNO. The molecule has 1 atom stereocenters. The van der Waals surface area contributed by atoms with Crippen molar-refractivity contribution in [3.63, 3.8) is 0 Å². The standard InChI is InChI=1S/C11H20ClNO/c1-9(2)11(14)13-7-5-3-4-6-10(13)8-12/h9-10H,3-8H2,1-2H3. The molecule has 1 heterocycles. The predicted octanol–water partition coefficient (Wildman–Crippen LogP) is 2.65. The number of halogens is 1. The Bertz CT molecular complexity index is 194. The van der Waals surface area contributed by atoms with Gasteiger partial charge in [0, 0.05) is 24.4 Å². The van der Waals surface area contributed by atoms with Gasteiger partial charge in [0.15, 0.2) is 0 Å². The van der Waals surface area contributed by atoms with Gasteiger partial charge in [-0.25, -0.2) is 0 Å². The number of carbonyl (C=O) groups excluding carboxylic acids is 1. The van der Waals surface area contributed by atoms with E-state index in [0.717, 1.165) is 19.4 Å². The minimum absolute atomic E-state index is 0.0961. The first kappa shape index (κ1) is 11.8. The molecule has 1 unspecified atom stereocenters. The lowest BCUT2D eigenvalue weighted by Gasteiger charge is -2.30. The summed E-state index contributed by atoms with van der Waals surface area (Å²) in [6, 6.07) is 0.272. The van der Waals surface area contributed by atoms with E-state index in [0.29, 0.717) is 5.88 Å². The van der Waals surface area contributed by atoms with Crippen molar-refractivity contribution in [3.8, 4) is 0 Å². The van der Waals surface area contributed by atoms with Crippen molar-refractivity contribution in [2.45, 2.75) is 45.6 Å². The highest BCUT2D eigenvalue weighted by Crippen LogP contribution is 2.19. The van der Waals surface area contributed by atoms with Crippen LogP contribution in [0.15, 0.2) is 0 Å². The summed E-state index contributed by atoms with van der Waals surface area (Å²) in [7, 11) is 0. The molecule has 82 valence electrons. The quantitative estimate of drug-likeness (QED) is 0.652. The minimum Gasteiger partial charge on any atom is -0.338 e. The van der Waals surface area contributed by atoms with Crippen molar-refractivity contribution in [1.29, 1.82) is 0 Å². The Kier molecular flexibility index (Phi) is 4.73. The van der Waals surface area contributed by atoms with Crippen LogP contribution in [0.2, 0.25) is 0 Å². The van der Waals surface area contributed by atoms with Gasteiger partial charge in [0.05, 0.1) is 0 Å². The Morgan fingerprint density at radius 2 is 2.14 bits per heavy atom. The fourth-order valence-corrected chi connectivity index (χ4v) is 2.28. The lowest BCUT2D eigenvalue weighted by molar-refractivity contribution is -0.136. The zero-order valence-electron chi connectivity index (χ0n) is 9.13. The van der Waals surface area contributed by atoms with E-state index in [9.17, 15) is 4.79 Å². The Morgan fingerprint density at radius 3 is 2.71 bits per heavy atom. The summed E-state index contributed by atoms with van der Waals surface area (Å²) in [5.41, 5.74) is 0. The summed E-state index contributed by atoms with van der Waals surface area (Å²) >= 11 is 5.90. The average molecular weight is 218 g/mol. The fourth-order valence-electron chi connectivity index (χ4n) is 1.96. The van der Waals surface area contributed by atoms with E-state index in [4.69, 9.17) is 11.6 Å². The van der Waals surface area contributed by atoms with Gasteiger partial charge in [-0.15, -0.1) is 11.6 Å². The molecule has 1 amide bonds. The van der Waals surface area contributed by atoms with Crippen LogP contribution in [0.1, 0.15) is 39.5 Å². The summed E-state index contributed by atoms with van der Waals surface area (Å²) in [5, 5.41) is 0. The molecule has 0 aromatic carbocycles. The summed E-state index contributed by atoms with van der Waals surface area (Å²) < 4.78 is 0. The zero-order chi connectivity index (χ0) is 10.6. The van der Waals surface area contributed by atoms with Crippen molar-refractivity contribution in [1.82, 2.24) is 4.90 Å². The SMILES string of the molecule is CC(C)C(=O)N1CCCCCC1CCl. The highest BCUT2D eigenvalue weighted by Gasteiger charge is 2.25. The van der Waals surface area contributed by atoms with Gasteiger partial charge < -0.3 is 4.90 Å². The second-order valence-corrected chi connectivity index (χ2v) is 4.65. The third-order valence-corrected chi connectivity index (χ3v) is 3.19. The summed E-state index contributed by atoms with van der Waals surface area (Å²) in [6.07, 6.45) is 4.64. The highest BCUT2D eigenvalue weighted by molar-refractivity contribution is 6.18. The third kappa shape index (κ3) is 2.88. The Labute approximate surface area is 91.6 Å². The molecule has 0 aliphatic carbocycles. The summed E-state index contributed by atoms with van der Waals surface area (Å²) in [4.78, 5) is 13.9. The smallest absolute Gasteiger partial charge is 0.225 e. The maximum atomic E-state index is 11.9. The number of likely N-dealkylation sites (tertiary alicyclic amines) is 1. The second-order valence-electron chi connectivity index (χ2n) is 4.34. The van der Waals surface area contributed by atoms with Gasteiger partial charge in [-0.3, -0.25) is 4.79 Å². The maximum absolute atomic E-state index is 11.9. The largest absolute Gasteiger partial charge is 0.338 e. The van der Waals surface area contributed by atoms with Gasteiger partial charge in [0.25, 0.3) is 0 Å². The second kappa shape index (κ2) is 5.59. The number of alkyl halides is 1. The number of hydrogen-bond donors (Lipinski definition) is 0. The van der Waals surface area contributed by atoms with Crippen molar-refractivity contribution >= 4 is 17.5 Å². The normalized spacial score (nSPS) is 23.7. The molecule has 1 saturated heterocycles. The van der Waals surface area contributed by atoms with Crippen molar-refractivity contribution in [2.75, 3.05) is 12.4 Å². The van der Waals surface area contributed by atoms with E-state index in [-0.39, 0.29) is 17.9 Å². The van der Waals surface area contributed by atoms with Crippen LogP contribution in [0.25, 0.3) is 0 Å². The van der Waals surface area contributed by atoms with Crippen molar-refractivity contribution in [2.24, 2.45) is 5.92 Å². The third-order valence-electron chi connectivity index (χ3n) is 2.83. The molecule has 2 nitrogen and oxygen atoms in total. The first-order valence-corrected chi connectivity index (χ1v) is 6.06. The van der Waals surface area contributed by atoms with Gasteiger partial charge >= 0.3 is 0 Å². The van der Waals surface area contributed by atoms with Crippen LogP contribution in [0.5, 0.6) is 0 Å². The summed E-state index contributed by atoms with van der Waals surface area (Å²) in [5.74, 6) is 0.940. The van der Waals surface area contributed by atoms with Crippen LogP contribution in [-0.2, 0) is 4.79 Å². The van der Waals surface area contributed by atoms with E-state index in [1.54, 1.807) is 0 Å². The topological polar surface area (TPSA) is 20.3 Å². The predicted molar refractivity (Wildman–Crippen MR) is 59.5 cm³/mol. The van der Waals surface area contributed by atoms with E-state index in [2.05, 4.69) is 0 Å². The average Bonchev–Trinajstić information content (AvgIpc) is 2.40. The molecule has 1 rings (SSSR count). The van der Waals surface area contributed by atoms with Crippen LogP contribution in [-0.4, -0.2) is 29.3 Å². The number of rotatable bonds is 2. The lowest BCUT2D eigenvalue weighted by Crippen LogP contribution is -2.43. The molecule has 0 bridgehead atoms. The van der Waals surface area contributed by atoms with Crippen LogP contribution >= 0.6 is 11.6 Å². The van der Waals surface area contributed by atoms with Gasteiger partial charge in [0.2, 0.25) is 5.91 Å². The molecule has 0 saturated carbocycles. The molecule has 0 spiro atoms. The molecule has 1 aliphatic heterocycles. The molecule has 1 fully saturated rings. The van der Waals surface area contributed by atoms with Gasteiger partial charge in [-0.1, -0.05) is 26.7 Å². The van der Waals surface area contributed by atoms with E-state index >= 15 is 0 Å². The molecular weight excluding hydrogens is 198 g/mol. The first-order valence-electron chi connectivity index (χ1n) is 5.53. The molecule has 1 aliphatic rings. The highest BCUT2D eigenvalue weighted by atomic mass is 35.5. The zero-order valence-corrected chi connectivity index (χ0v) is 9.89. The van der Waals surface area contributed by atoms with Crippen LogP contribution < -0.4 is 0 Å². The Hall–Kier alpha value is -0.240. The van der Waals surface area contributed by atoms with Gasteiger partial charge in [-0.2, -0.15) is 0 Å². The molecule has 0 radical (unpaired) electrons. The molecule has 0 N–H and O–H groups in total. The van der Waals surface area contributed by atoms with E-state index < -0.39 is 0 Å². The molecule has 3 heteroatoms. The van der Waals surface area contributed by atoms with E-state index in [1.165, 1.54) is 12.8 Å². The monoisotopic (exact) mass is 217 g/mol. The summed E-state index contributed by atoms with van der Waals surface area (Å²) in [6.45, 7) is 4.81. The fraction of sp³-hybridized carbons (Fsp3) is 0.909. The van der Waals surface area contributed by atoms with Crippen molar-refractivity contribution in [3.05, 3.63) is 0 Å².